The van der Waals surface area contributed by atoms with Gasteiger partial charge < -0.3 is 10.2 Å². The van der Waals surface area contributed by atoms with Crippen molar-refractivity contribution in [1.82, 2.24) is 10.2 Å². The molecule has 0 aliphatic carbocycles. The number of rotatable bonds is 3. The number of hydrogen-bond donors (Lipinski definition) is 2. The van der Waals surface area contributed by atoms with Crippen LogP contribution in [0, 0.1) is 0 Å². The Kier molecular flexibility index (Phi) is 6.12. The molecule has 0 atom stereocenters. The van der Waals surface area contributed by atoms with E-state index >= 15 is 0 Å². The molecule has 26 heavy (non-hydrogen) atoms. The van der Waals surface area contributed by atoms with E-state index in [2.05, 4.69) is 17.9 Å². The summed E-state index contributed by atoms with van der Waals surface area (Å²) in [6.07, 6.45) is 1.40. The largest absolute Gasteiger partial charge is 0.349 e. The summed E-state index contributed by atoms with van der Waals surface area (Å²) >= 11 is 16.2. The first-order valence-electron chi connectivity index (χ1n) is 8.29. The van der Waals surface area contributed by atoms with E-state index in [0.717, 1.165) is 0 Å². The van der Waals surface area contributed by atoms with Crippen LogP contribution in [0.15, 0.2) is 47.4 Å². The second kappa shape index (κ2) is 8.33. The third-order valence-electron chi connectivity index (χ3n) is 4.43. The highest BCUT2D eigenvalue weighted by Crippen LogP contribution is 2.24. The summed E-state index contributed by atoms with van der Waals surface area (Å²) in [5.41, 5.74) is 1.08. The van der Waals surface area contributed by atoms with E-state index in [1.807, 2.05) is 12.1 Å². The molecule has 0 aromatic heterocycles. The normalized spacial score (nSPS) is 15.0. The minimum absolute atomic E-state index is 0.0355. The average Bonchev–Trinajstić information content (AvgIpc) is 2.64. The SMILES string of the molecule is O=C(NC1CCN(C(=O)c2ccc(Cl)c(Cl)c2)CC1)c1ccccc1S. The van der Waals surface area contributed by atoms with Gasteiger partial charge in [-0.15, -0.1) is 12.6 Å². The molecule has 0 saturated carbocycles. The number of hydrogen-bond acceptors (Lipinski definition) is 3. The average molecular weight is 409 g/mol. The fourth-order valence-electron chi connectivity index (χ4n) is 2.97. The number of likely N-dealkylation sites (tertiary alicyclic amines) is 1. The van der Waals surface area contributed by atoms with Crippen LogP contribution < -0.4 is 5.32 Å². The van der Waals surface area contributed by atoms with Crippen molar-refractivity contribution in [3.8, 4) is 0 Å². The zero-order chi connectivity index (χ0) is 18.7. The van der Waals surface area contributed by atoms with Gasteiger partial charge in [0.2, 0.25) is 0 Å². The van der Waals surface area contributed by atoms with Gasteiger partial charge in [0, 0.05) is 29.6 Å². The molecule has 1 N–H and O–H groups in total. The summed E-state index contributed by atoms with van der Waals surface area (Å²) < 4.78 is 0. The molecule has 136 valence electrons. The molecular formula is C19H18Cl2N2O2S. The zero-order valence-corrected chi connectivity index (χ0v) is 16.3. The van der Waals surface area contributed by atoms with Crippen molar-refractivity contribution < 1.29 is 9.59 Å². The Morgan fingerprint density at radius 2 is 1.73 bits per heavy atom. The number of thiol groups is 1. The van der Waals surface area contributed by atoms with Gasteiger partial charge in [-0.25, -0.2) is 0 Å². The Morgan fingerprint density at radius 3 is 2.38 bits per heavy atom. The van der Waals surface area contributed by atoms with Crippen LogP contribution in [0.25, 0.3) is 0 Å². The molecule has 0 spiro atoms. The van der Waals surface area contributed by atoms with Gasteiger partial charge in [0.05, 0.1) is 15.6 Å². The smallest absolute Gasteiger partial charge is 0.253 e. The summed E-state index contributed by atoms with van der Waals surface area (Å²) in [7, 11) is 0. The molecule has 3 rings (SSSR count). The molecule has 0 unspecified atom stereocenters. The van der Waals surface area contributed by atoms with E-state index in [-0.39, 0.29) is 17.9 Å². The Bertz CT molecular complexity index is 836. The van der Waals surface area contributed by atoms with Crippen molar-refractivity contribution in [3.63, 3.8) is 0 Å². The van der Waals surface area contributed by atoms with Gasteiger partial charge in [-0.3, -0.25) is 9.59 Å². The molecule has 0 radical (unpaired) electrons. The second-order valence-electron chi connectivity index (χ2n) is 6.19. The maximum absolute atomic E-state index is 12.6. The van der Waals surface area contributed by atoms with Gasteiger partial charge in [-0.1, -0.05) is 35.3 Å². The van der Waals surface area contributed by atoms with Crippen LogP contribution in [0.4, 0.5) is 0 Å². The topological polar surface area (TPSA) is 49.4 Å². The third-order valence-corrected chi connectivity index (χ3v) is 5.56. The molecule has 1 heterocycles. The molecule has 2 aromatic carbocycles. The van der Waals surface area contributed by atoms with Crippen molar-refractivity contribution in [2.45, 2.75) is 23.8 Å². The van der Waals surface area contributed by atoms with Crippen LogP contribution in [0.2, 0.25) is 10.0 Å². The number of amides is 2. The van der Waals surface area contributed by atoms with Crippen molar-refractivity contribution in [2.24, 2.45) is 0 Å². The van der Waals surface area contributed by atoms with E-state index in [0.29, 0.717) is 52.0 Å². The molecule has 1 aliphatic rings. The van der Waals surface area contributed by atoms with Gasteiger partial charge in [0.25, 0.3) is 11.8 Å². The lowest BCUT2D eigenvalue weighted by Gasteiger charge is -2.32. The Morgan fingerprint density at radius 1 is 1.04 bits per heavy atom. The molecular weight excluding hydrogens is 391 g/mol. The van der Waals surface area contributed by atoms with Gasteiger partial charge in [-0.2, -0.15) is 0 Å². The monoisotopic (exact) mass is 408 g/mol. The number of piperidine rings is 1. The third kappa shape index (κ3) is 4.34. The highest BCUT2D eigenvalue weighted by Gasteiger charge is 2.25. The van der Waals surface area contributed by atoms with Crippen LogP contribution in [-0.2, 0) is 0 Å². The van der Waals surface area contributed by atoms with Gasteiger partial charge >= 0.3 is 0 Å². The summed E-state index contributed by atoms with van der Waals surface area (Å²) in [4.78, 5) is 27.4. The molecule has 2 aromatic rings. The van der Waals surface area contributed by atoms with E-state index in [4.69, 9.17) is 23.2 Å². The van der Waals surface area contributed by atoms with Crippen molar-refractivity contribution >= 4 is 47.6 Å². The zero-order valence-electron chi connectivity index (χ0n) is 13.9. The van der Waals surface area contributed by atoms with Crippen LogP contribution >= 0.6 is 35.8 Å². The maximum atomic E-state index is 12.6. The first-order chi connectivity index (χ1) is 12.5. The van der Waals surface area contributed by atoms with E-state index in [1.165, 1.54) is 0 Å². The molecule has 2 amide bonds. The maximum Gasteiger partial charge on any atom is 0.253 e. The highest BCUT2D eigenvalue weighted by atomic mass is 35.5. The lowest BCUT2D eigenvalue weighted by Crippen LogP contribution is -2.46. The Hall–Kier alpha value is -1.69. The molecule has 1 fully saturated rings. The lowest BCUT2D eigenvalue weighted by atomic mass is 10.0. The molecule has 1 saturated heterocycles. The standard InChI is InChI=1S/C19H18Cl2N2O2S/c20-15-6-5-12(11-16(15)21)19(25)23-9-7-13(8-10-23)22-18(24)14-3-1-2-4-17(14)26/h1-6,11,13,26H,7-10H2,(H,22,24). The van der Waals surface area contributed by atoms with E-state index < -0.39 is 0 Å². The second-order valence-corrected chi connectivity index (χ2v) is 7.48. The first kappa shape index (κ1) is 19.1. The van der Waals surface area contributed by atoms with Gasteiger partial charge in [-0.05, 0) is 43.2 Å². The predicted molar refractivity (Wildman–Crippen MR) is 107 cm³/mol. The number of nitrogens with zero attached hydrogens (tertiary/aromatic N) is 1. The number of carbonyl (C=O) groups excluding carboxylic acids is 2. The Balaban J connectivity index is 1.57. The van der Waals surface area contributed by atoms with E-state index in [9.17, 15) is 9.59 Å². The number of nitrogens with one attached hydrogen (secondary N) is 1. The molecule has 4 nitrogen and oxygen atoms in total. The summed E-state index contributed by atoms with van der Waals surface area (Å²) in [5.74, 6) is -0.209. The Labute approximate surface area is 167 Å². The van der Waals surface area contributed by atoms with Crippen LogP contribution in [0.3, 0.4) is 0 Å². The summed E-state index contributed by atoms with van der Waals surface area (Å²) in [6, 6.07) is 12.1. The van der Waals surface area contributed by atoms with Crippen LogP contribution in [0.1, 0.15) is 33.6 Å². The minimum Gasteiger partial charge on any atom is -0.349 e. The molecule has 0 bridgehead atoms. The quantitative estimate of drug-likeness (QED) is 0.742. The van der Waals surface area contributed by atoms with Crippen LogP contribution in [-0.4, -0.2) is 35.8 Å². The van der Waals surface area contributed by atoms with Crippen LogP contribution in [0.5, 0.6) is 0 Å². The van der Waals surface area contributed by atoms with Crippen molar-refractivity contribution in [2.75, 3.05) is 13.1 Å². The minimum atomic E-state index is -0.134. The first-order valence-corrected chi connectivity index (χ1v) is 9.49. The summed E-state index contributed by atoms with van der Waals surface area (Å²) in [6.45, 7) is 1.15. The lowest BCUT2D eigenvalue weighted by molar-refractivity contribution is 0.0698. The number of halogens is 2. The predicted octanol–water partition coefficient (Wildman–Crippen LogP) is 4.32. The van der Waals surface area contributed by atoms with Gasteiger partial charge in [0.15, 0.2) is 0 Å². The number of benzene rings is 2. The van der Waals surface area contributed by atoms with E-state index in [1.54, 1.807) is 35.2 Å². The van der Waals surface area contributed by atoms with Crippen molar-refractivity contribution in [3.05, 3.63) is 63.6 Å². The van der Waals surface area contributed by atoms with Gasteiger partial charge in [0.1, 0.15) is 0 Å². The molecule has 1 aliphatic heterocycles. The number of carbonyl (C=O) groups is 2. The fourth-order valence-corrected chi connectivity index (χ4v) is 3.53. The highest BCUT2D eigenvalue weighted by molar-refractivity contribution is 7.80. The fraction of sp³-hybridized carbons (Fsp3) is 0.263. The molecule has 7 heteroatoms. The van der Waals surface area contributed by atoms with Crippen molar-refractivity contribution in [1.29, 1.82) is 0 Å². The summed E-state index contributed by atoms with van der Waals surface area (Å²) in [5, 5.41) is 3.82.